The van der Waals surface area contributed by atoms with Gasteiger partial charge in [0.2, 0.25) is 5.91 Å². The third-order valence-corrected chi connectivity index (χ3v) is 4.28. The van der Waals surface area contributed by atoms with Gasteiger partial charge in [0.25, 0.3) is 0 Å². The van der Waals surface area contributed by atoms with Crippen molar-refractivity contribution >= 4 is 40.7 Å². The molecule has 0 saturated carbocycles. The van der Waals surface area contributed by atoms with Crippen LogP contribution in [0.15, 0.2) is 39.8 Å². The summed E-state index contributed by atoms with van der Waals surface area (Å²) in [6, 6.07) is 9.89. The maximum Gasteiger partial charge on any atom is 0.243 e. The number of amidine groups is 1. The van der Waals surface area contributed by atoms with Gasteiger partial charge in [-0.2, -0.15) is 0 Å². The van der Waals surface area contributed by atoms with Gasteiger partial charge in [-0.05, 0) is 18.6 Å². The Bertz CT molecular complexity index is 750. The van der Waals surface area contributed by atoms with Gasteiger partial charge >= 0.3 is 0 Å². The smallest absolute Gasteiger partial charge is 0.243 e. The van der Waals surface area contributed by atoms with Crippen molar-refractivity contribution in [1.29, 1.82) is 0 Å². The number of benzene rings is 1. The van der Waals surface area contributed by atoms with Crippen LogP contribution in [0.5, 0.6) is 0 Å². The van der Waals surface area contributed by atoms with Gasteiger partial charge in [-0.3, -0.25) is 14.7 Å². The Labute approximate surface area is 132 Å². The number of aliphatic imine (C=N–C) groups is 1. The third kappa shape index (κ3) is 2.69. The number of hydrogen-bond donors (Lipinski definition) is 0. The van der Waals surface area contributed by atoms with Crippen molar-refractivity contribution < 1.29 is 9.32 Å². The fraction of sp³-hybridized carbons (Fsp3) is 0.188. The maximum absolute atomic E-state index is 12.2. The number of nitrogens with zero attached hydrogens (tertiary/aromatic N) is 3. The molecule has 2 aromatic rings. The van der Waals surface area contributed by atoms with Crippen molar-refractivity contribution in [3.8, 4) is 0 Å². The highest BCUT2D eigenvalue weighted by atomic mass is 32.2. The second-order valence-electron chi connectivity index (χ2n) is 4.75. The highest BCUT2D eigenvalue weighted by Gasteiger charge is 2.33. The SMILES string of the molecule is CN=C1SCC(=O)N1c1c(C)noc1/C=C/c1ccccc1. The molecule has 0 N–H and O–H groups in total. The number of aromatic nitrogens is 1. The fourth-order valence-electron chi connectivity index (χ4n) is 2.25. The van der Waals surface area contributed by atoms with Crippen LogP contribution in [0.3, 0.4) is 0 Å². The molecule has 0 bridgehead atoms. The van der Waals surface area contributed by atoms with Crippen molar-refractivity contribution in [3.05, 3.63) is 47.3 Å². The molecular weight excluding hydrogens is 298 g/mol. The molecule has 112 valence electrons. The lowest BCUT2D eigenvalue weighted by Gasteiger charge is -2.14. The Hall–Kier alpha value is -2.34. The minimum Gasteiger partial charge on any atom is -0.354 e. The van der Waals surface area contributed by atoms with Crippen LogP contribution in [0.1, 0.15) is 17.0 Å². The quantitative estimate of drug-likeness (QED) is 0.873. The van der Waals surface area contributed by atoms with E-state index in [1.165, 1.54) is 11.8 Å². The number of hydrogen-bond acceptors (Lipinski definition) is 5. The van der Waals surface area contributed by atoms with E-state index in [4.69, 9.17) is 4.52 Å². The highest BCUT2D eigenvalue weighted by molar-refractivity contribution is 8.15. The van der Waals surface area contributed by atoms with Gasteiger partial charge < -0.3 is 4.52 Å². The lowest BCUT2D eigenvalue weighted by Crippen LogP contribution is -2.30. The maximum atomic E-state index is 12.2. The van der Waals surface area contributed by atoms with Crippen LogP contribution < -0.4 is 4.90 Å². The topological polar surface area (TPSA) is 58.7 Å². The zero-order chi connectivity index (χ0) is 15.5. The molecule has 1 aromatic carbocycles. The first-order valence-electron chi connectivity index (χ1n) is 6.82. The standard InChI is InChI=1S/C16H15N3O2S/c1-11-15(19-14(20)10-22-16(19)17-2)13(21-18-11)9-8-12-6-4-3-5-7-12/h3-9H,10H2,1-2H3/b9-8+,17-16?. The Morgan fingerprint density at radius 1 is 1.32 bits per heavy atom. The van der Waals surface area contributed by atoms with Gasteiger partial charge in [-0.25, -0.2) is 0 Å². The molecule has 22 heavy (non-hydrogen) atoms. The molecule has 0 spiro atoms. The molecule has 1 amide bonds. The van der Waals surface area contributed by atoms with Gasteiger partial charge in [0.05, 0.1) is 5.75 Å². The zero-order valence-electron chi connectivity index (χ0n) is 12.3. The minimum atomic E-state index is -0.00809. The van der Waals surface area contributed by atoms with Crippen molar-refractivity contribution in [2.45, 2.75) is 6.92 Å². The molecule has 1 fully saturated rings. The molecule has 1 saturated heterocycles. The first-order chi connectivity index (χ1) is 10.7. The van der Waals surface area contributed by atoms with Crippen molar-refractivity contribution in [1.82, 2.24) is 5.16 Å². The Balaban J connectivity index is 1.98. The predicted octanol–water partition coefficient (Wildman–Crippen LogP) is 3.22. The number of anilines is 1. The summed E-state index contributed by atoms with van der Waals surface area (Å²) in [5, 5.41) is 4.66. The van der Waals surface area contributed by atoms with Crippen LogP contribution in [0, 0.1) is 6.92 Å². The molecule has 1 aromatic heterocycles. The lowest BCUT2D eigenvalue weighted by atomic mass is 10.2. The second kappa shape index (κ2) is 6.19. The van der Waals surface area contributed by atoms with Crippen LogP contribution in [0.2, 0.25) is 0 Å². The van der Waals surface area contributed by atoms with Crippen LogP contribution in [0.25, 0.3) is 12.2 Å². The molecule has 2 heterocycles. The summed E-state index contributed by atoms with van der Waals surface area (Å²) in [4.78, 5) is 17.9. The van der Waals surface area contributed by atoms with Crippen LogP contribution in [-0.2, 0) is 4.79 Å². The fourth-order valence-corrected chi connectivity index (χ4v) is 3.08. The molecular formula is C16H15N3O2S. The Morgan fingerprint density at radius 2 is 2.09 bits per heavy atom. The number of rotatable bonds is 3. The predicted molar refractivity (Wildman–Crippen MR) is 89.9 cm³/mol. The lowest BCUT2D eigenvalue weighted by molar-refractivity contribution is -0.115. The van der Waals surface area contributed by atoms with Crippen LogP contribution in [-0.4, -0.2) is 29.0 Å². The number of aryl methyl sites for hydroxylation is 1. The summed E-state index contributed by atoms with van der Waals surface area (Å²) in [7, 11) is 1.68. The molecule has 0 atom stereocenters. The van der Waals surface area contributed by atoms with Gasteiger partial charge in [-0.15, -0.1) is 0 Å². The summed E-state index contributed by atoms with van der Waals surface area (Å²) in [5.41, 5.74) is 2.39. The van der Waals surface area contributed by atoms with Gasteiger partial charge in [0, 0.05) is 7.05 Å². The van der Waals surface area contributed by atoms with E-state index in [0.717, 1.165) is 5.56 Å². The van der Waals surface area contributed by atoms with E-state index in [-0.39, 0.29) is 5.91 Å². The summed E-state index contributed by atoms with van der Waals surface area (Å²) in [6.45, 7) is 1.82. The van der Waals surface area contributed by atoms with Crippen LogP contribution >= 0.6 is 11.8 Å². The summed E-state index contributed by atoms with van der Waals surface area (Å²) in [5.74, 6) is 0.934. The monoisotopic (exact) mass is 313 g/mol. The summed E-state index contributed by atoms with van der Waals surface area (Å²) in [6.07, 6.45) is 3.76. The number of carbonyl (C=O) groups is 1. The highest BCUT2D eigenvalue weighted by Crippen LogP contribution is 2.33. The van der Waals surface area contributed by atoms with E-state index in [0.29, 0.717) is 28.1 Å². The largest absolute Gasteiger partial charge is 0.354 e. The van der Waals surface area contributed by atoms with Gasteiger partial charge in [-0.1, -0.05) is 53.3 Å². The van der Waals surface area contributed by atoms with E-state index in [1.54, 1.807) is 11.9 Å². The van der Waals surface area contributed by atoms with Crippen LogP contribution in [0.4, 0.5) is 5.69 Å². The molecule has 0 radical (unpaired) electrons. The first-order valence-corrected chi connectivity index (χ1v) is 7.81. The first kappa shape index (κ1) is 14.6. The van der Waals surface area contributed by atoms with E-state index in [1.807, 2.05) is 49.4 Å². The average molecular weight is 313 g/mol. The van der Waals surface area contributed by atoms with Gasteiger partial charge in [0.15, 0.2) is 10.9 Å². The van der Waals surface area contributed by atoms with E-state index in [2.05, 4.69) is 10.1 Å². The van der Waals surface area contributed by atoms with Crippen molar-refractivity contribution in [3.63, 3.8) is 0 Å². The average Bonchev–Trinajstić information content (AvgIpc) is 3.08. The normalized spacial score (nSPS) is 17.1. The van der Waals surface area contributed by atoms with E-state index < -0.39 is 0 Å². The molecule has 1 aliphatic heterocycles. The van der Waals surface area contributed by atoms with Crippen molar-refractivity contribution in [2.24, 2.45) is 4.99 Å². The molecule has 6 heteroatoms. The Kier molecular flexibility index (Phi) is 4.11. The third-order valence-electron chi connectivity index (χ3n) is 3.26. The van der Waals surface area contributed by atoms with Crippen molar-refractivity contribution in [2.75, 3.05) is 17.7 Å². The molecule has 5 nitrogen and oxygen atoms in total. The summed E-state index contributed by atoms with van der Waals surface area (Å²) >= 11 is 1.42. The molecule has 3 rings (SSSR count). The second-order valence-corrected chi connectivity index (χ2v) is 5.69. The zero-order valence-corrected chi connectivity index (χ0v) is 13.1. The number of thioether (sulfide) groups is 1. The number of carbonyl (C=O) groups excluding carboxylic acids is 1. The van der Waals surface area contributed by atoms with E-state index in [9.17, 15) is 4.79 Å². The minimum absolute atomic E-state index is 0.00809. The molecule has 0 unspecified atom stereocenters. The number of amides is 1. The molecule has 1 aliphatic rings. The van der Waals surface area contributed by atoms with Gasteiger partial charge in [0.1, 0.15) is 11.4 Å². The van der Waals surface area contributed by atoms with E-state index >= 15 is 0 Å². The molecule has 0 aliphatic carbocycles. The summed E-state index contributed by atoms with van der Waals surface area (Å²) < 4.78 is 5.38. The Morgan fingerprint density at radius 3 is 2.82 bits per heavy atom.